The van der Waals surface area contributed by atoms with Crippen molar-refractivity contribution < 1.29 is 55.9 Å². The van der Waals surface area contributed by atoms with Gasteiger partial charge in [-0.2, -0.15) is 0 Å². The number of ether oxygens (including phenoxy) is 1. The highest BCUT2D eigenvalue weighted by Crippen LogP contribution is 2.46. The third-order valence-corrected chi connectivity index (χ3v) is 17.7. The molecule has 0 atom stereocenters. The van der Waals surface area contributed by atoms with Crippen LogP contribution in [0.1, 0.15) is 131 Å². The van der Waals surface area contributed by atoms with Crippen LogP contribution in [0.3, 0.4) is 0 Å². The lowest BCUT2D eigenvalue weighted by Crippen LogP contribution is -2.32. The Balaban J connectivity index is 1.07. The van der Waals surface area contributed by atoms with Crippen LogP contribution >= 0.6 is 0 Å². The van der Waals surface area contributed by atoms with Crippen molar-refractivity contribution in [1.29, 1.82) is 0 Å². The van der Waals surface area contributed by atoms with E-state index in [4.69, 9.17) is 37.1 Å². The Bertz CT molecular complexity index is 7350. The lowest BCUT2D eigenvalue weighted by molar-refractivity contribution is -0.571. The number of fused-ring (bicyclic) bond motifs is 4. The number of aromatic nitrogens is 4. The van der Waals surface area contributed by atoms with Crippen LogP contribution in [0.2, 0.25) is 0 Å². The smallest absolute Gasteiger partial charge is 0.269 e. The summed E-state index contributed by atoms with van der Waals surface area (Å²) in [5.41, 5.74) is -7.63. The van der Waals surface area contributed by atoms with Gasteiger partial charge in [0.1, 0.15) is 17.3 Å². The molecule has 0 unspecified atom stereocenters. The van der Waals surface area contributed by atoms with Crippen LogP contribution in [-0.4, -0.2) is 14.1 Å². The maximum absolute atomic E-state index is 10.9. The number of para-hydroxylation sites is 1. The minimum atomic E-state index is -2.95. The molecule has 0 fully saturated rings. The number of hydrogen-bond donors (Lipinski definition) is 0. The largest absolute Gasteiger partial charge is 0.458 e. The minimum Gasteiger partial charge on any atom is -0.458 e. The Hall–Kier alpha value is -11.9. The Morgan fingerprint density at radius 1 is 0.382 bits per heavy atom. The number of aryl methyl sites for hydroxylation is 1. The Labute approximate surface area is 647 Å². The SMILES string of the molecule is [2H]c1c([2H])c([2H])c(-c2cnc(-n3c4ccccc4c4ccc(Oc5cccc(-n6[c-][n+](-c7c(-c8c([2H])c(-c9c([2H])c([2H])c([2H])c([2H])c9[2H])c([2H])c(-c9c([2H])c([2H])c([2H])c([2H])c9[2H])c8[2H])cc(C(C)(C)C)cc7-c7c([2H])c(-c8c([2H])c([2H])c([2H])c([2H])c8[2H])c([2H])c(-c8c([2H])c([2H])c([2H])c([2H])c8[2H])c7[2H])c7ccc(-c8cc(C(C)(C)C)cc(C(C)(C)C)c8)cc76)c5)cc43)cc2C([2H])([2H])[2H])c([2H])c1[2H]. The molecule has 102 heavy (non-hydrogen) atoms. The number of rotatable bonds is 13. The summed E-state index contributed by atoms with van der Waals surface area (Å²) in [5.74, 6) is 0.374. The molecule has 16 rings (SSSR count). The van der Waals surface area contributed by atoms with Gasteiger partial charge in [-0.3, -0.25) is 13.7 Å². The molecule has 0 N–H and O–H groups in total. The summed E-state index contributed by atoms with van der Waals surface area (Å²) in [5, 5.41) is 1.32. The molecule has 496 valence electrons. The van der Waals surface area contributed by atoms with E-state index in [0.717, 1.165) is 17.3 Å². The molecule has 0 bridgehead atoms. The van der Waals surface area contributed by atoms with Gasteiger partial charge in [0, 0.05) is 32.7 Å². The molecule has 13 aromatic carbocycles. The second kappa shape index (κ2) is 26.0. The van der Waals surface area contributed by atoms with Crippen molar-refractivity contribution >= 4 is 32.8 Å². The quantitative estimate of drug-likeness (QED) is 0.0852. The highest BCUT2D eigenvalue weighted by Gasteiger charge is 2.28. The lowest BCUT2D eigenvalue weighted by Gasteiger charge is -2.26. The van der Waals surface area contributed by atoms with Crippen molar-refractivity contribution in [2.75, 3.05) is 0 Å². The Morgan fingerprint density at radius 3 is 1.38 bits per heavy atom. The molecule has 0 saturated heterocycles. The van der Waals surface area contributed by atoms with Crippen LogP contribution in [0.5, 0.6) is 11.5 Å². The molecule has 0 radical (unpaired) electrons. The fraction of sp³-hybridized carbons (Fsp3) is 0.134. The standard InChI is InChI=1S/C97H82N4O/c1-64-47-93(98-62-88(64)69-37-24-15-25-38-69)101-89-42-27-26-41-84(89)85-45-44-83(61-91(85)101)102-82-40-28-39-81(60-82)99-63-100(90-46-43-70(56-92(90)99)75-54-78(95(2,3)4)57-79(55-75)96(5,6)7)94-86(76-50-71(65-29-16-11-17-30-65)48-72(51-76)66-31-18-12-19-32-66)58-80(97(8,9)10)59-87(94)77-52-73(67-33-20-13-21-34-67)49-74(53-77)68-35-22-14-23-36-68/h11-62H,1-10H3/i1D3,11D,12D,13D,14D,15D,16D,17D,18D,19D,20D,21D,22D,23D,24D,25D,29D,30D,31D,32D,33D,34D,35D,36D,37D,38D,48D,49D,50D,51D,52D,53D. The van der Waals surface area contributed by atoms with Gasteiger partial charge >= 0.3 is 0 Å². The van der Waals surface area contributed by atoms with Crippen LogP contribution in [0.4, 0.5) is 0 Å². The van der Waals surface area contributed by atoms with Gasteiger partial charge < -0.3 is 4.74 Å². The summed E-state index contributed by atoms with van der Waals surface area (Å²) in [7, 11) is 0. The molecule has 0 aliphatic rings. The van der Waals surface area contributed by atoms with Crippen LogP contribution < -0.4 is 9.30 Å². The van der Waals surface area contributed by atoms with Crippen LogP contribution in [0.15, 0.2) is 315 Å². The number of benzene rings is 13. The lowest BCUT2D eigenvalue weighted by atomic mass is 9.79. The summed E-state index contributed by atoms with van der Waals surface area (Å²) in [4.78, 5) is 4.75. The molecule has 5 heteroatoms. The highest BCUT2D eigenvalue weighted by atomic mass is 16.5. The normalized spacial score (nSPS) is 16.8. The van der Waals surface area contributed by atoms with Crippen molar-refractivity contribution in [3.63, 3.8) is 0 Å². The van der Waals surface area contributed by atoms with Crippen molar-refractivity contribution in [2.45, 2.75) is 85.4 Å². The first kappa shape index (κ1) is 37.0. The Morgan fingerprint density at radius 2 is 0.863 bits per heavy atom. The van der Waals surface area contributed by atoms with Crippen LogP contribution in [0, 0.1) is 13.2 Å². The van der Waals surface area contributed by atoms with Crippen molar-refractivity contribution in [2.24, 2.45) is 0 Å². The van der Waals surface area contributed by atoms with E-state index in [9.17, 15) is 19.2 Å². The van der Waals surface area contributed by atoms with Gasteiger partial charge in [-0.15, -0.1) is 0 Å². The zero-order valence-electron chi connectivity index (χ0n) is 90.8. The van der Waals surface area contributed by atoms with E-state index in [1.54, 1.807) is 103 Å². The van der Waals surface area contributed by atoms with Crippen molar-refractivity contribution in [3.05, 3.63) is 343 Å². The summed E-state index contributed by atoms with van der Waals surface area (Å²) < 4.78 is 329. The van der Waals surface area contributed by atoms with Gasteiger partial charge in [0.15, 0.2) is 0 Å². The van der Waals surface area contributed by atoms with E-state index in [2.05, 4.69) is 53.9 Å². The zero-order valence-corrected chi connectivity index (χ0v) is 56.8. The van der Waals surface area contributed by atoms with Gasteiger partial charge in [0.25, 0.3) is 6.33 Å². The fourth-order valence-corrected chi connectivity index (χ4v) is 12.4. The van der Waals surface area contributed by atoms with E-state index >= 15 is 0 Å². The summed E-state index contributed by atoms with van der Waals surface area (Å²) >= 11 is 0. The zero-order chi connectivity index (χ0) is 99.5. The first-order chi connectivity index (χ1) is 63.4. The molecule has 0 aliphatic heterocycles. The Kier molecular flexibility index (Phi) is 9.41. The average Bonchev–Trinajstić information content (AvgIpc) is 1.13. The van der Waals surface area contributed by atoms with Crippen LogP contribution in [0.25, 0.3) is 139 Å². The van der Waals surface area contributed by atoms with E-state index in [0.29, 0.717) is 32.9 Å². The molecule has 3 aromatic heterocycles. The molecule has 3 heterocycles. The number of pyridine rings is 1. The maximum atomic E-state index is 10.9. The molecule has 16 aromatic rings. The van der Waals surface area contributed by atoms with Gasteiger partial charge in [0.2, 0.25) is 0 Å². The number of imidazole rings is 1. The van der Waals surface area contributed by atoms with Gasteiger partial charge in [-0.25, -0.2) is 4.98 Å². The average molecular weight is 1350 g/mol. The van der Waals surface area contributed by atoms with E-state index < -0.39 is 283 Å². The predicted molar refractivity (Wildman–Crippen MR) is 427 cm³/mol. The predicted octanol–water partition coefficient (Wildman–Crippen LogP) is 25.5. The summed E-state index contributed by atoms with van der Waals surface area (Å²) in [6.45, 7) is 14.6. The summed E-state index contributed by atoms with van der Waals surface area (Å²) in [6.07, 6.45) is 4.69. The molecular formula is C97H82N4O. The van der Waals surface area contributed by atoms with Crippen molar-refractivity contribution in [3.8, 4) is 118 Å². The van der Waals surface area contributed by atoms with Gasteiger partial charge in [-0.05, 0) is 214 Å². The van der Waals surface area contributed by atoms with Crippen LogP contribution in [-0.2, 0) is 16.2 Å². The first-order valence-corrected chi connectivity index (χ1v) is 32.8. The number of hydrogen-bond acceptors (Lipinski definition) is 2. The first-order valence-electron chi connectivity index (χ1n) is 49.8. The van der Waals surface area contributed by atoms with Crippen molar-refractivity contribution in [1.82, 2.24) is 14.1 Å². The molecule has 0 spiro atoms. The minimum absolute atomic E-state index is 0.0555. The molecule has 0 amide bonds. The van der Waals surface area contributed by atoms with E-state index in [1.807, 2.05) is 24.3 Å². The topological polar surface area (TPSA) is 35.9 Å². The molecule has 5 nitrogen and oxygen atoms in total. The van der Waals surface area contributed by atoms with E-state index in [-0.39, 0.29) is 56.3 Å². The molecule has 0 aliphatic carbocycles. The molecular weight excluding hydrogens is 1240 g/mol. The monoisotopic (exact) mass is 1350 g/mol. The third-order valence-electron chi connectivity index (χ3n) is 17.7. The van der Waals surface area contributed by atoms with E-state index in [1.165, 1.54) is 22.8 Å². The fourth-order valence-electron chi connectivity index (χ4n) is 12.4. The highest BCUT2D eigenvalue weighted by molar-refractivity contribution is 6.09. The second-order valence-corrected chi connectivity index (χ2v) is 27.7. The summed E-state index contributed by atoms with van der Waals surface area (Å²) in [6, 6.07) is 5.90. The molecule has 0 saturated carbocycles. The second-order valence-electron chi connectivity index (χ2n) is 27.7. The van der Waals surface area contributed by atoms with Gasteiger partial charge in [0.05, 0.1) is 75.9 Å². The maximum Gasteiger partial charge on any atom is 0.269 e. The number of nitrogens with zero attached hydrogens (tertiary/aromatic N) is 4. The third kappa shape index (κ3) is 12.6. The van der Waals surface area contributed by atoms with Gasteiger partial charge in [-0.1, -0.05) is 280 Å².